The van der Waals surface area contributed by atoms with Crippen molar-refractivity contribution in [3.63, 3.8) is 0 Å². The number of nitrogens with one attached hydrogen (secondary N) is 3. The van der Waals surface area contributed by atoms with Crippen molar-refractivity contribution in [1.29, 1.82) is 5.41 Å². The number of hydrogen-bond acceptors (Lipinski definition) is 9. The molecule has 10 nitrogen and oxygen atoms in total. The predicted octanol–water partition coefficient (Wildman–Crippen LogP) is 2.45. The molecule has 0 aliphatic carbocycles. The van der Waals surface area contributed by atoms with Crippen molar-refractivity contribution in [1.82, 2.24) is 5.32 Å². The van der Waals surface area contributed by atoms with Crippen LogP contribution in [0.1, 0.15) is 28.7 Å². The van der Waals surface area contributed by atoms with Gasteiger partial charge in [0.1, 0.15) is 24.6 Å². The number of aliphatic hydroxyl groups is 1. The minimum atomic E-state index is -1.00. The summed E-state index contributed by atoms with van der Waals surface area (Å²) < 4.78 is 10.5. The van der Waals surface area contributed by atoms with E-state index in [2.05, 4.69) is 10.6 Å². The number of ether oxygens (including phenoxy) is 2. The molecule has 0 saturated carbocycles. The molecule has 0 saturated heterocycles. The molecule has 2 atom stereocenters. The number of nitrogen functional groups attached to an aromatic ring is 2. The van der Waals surface area contributed by atoms with Crippen LogP contribution in [0.4, 0.5) is 17.1 Å². The van der Waals surface area contributed by atoms with Crippen molar-refractivity contribution in [2.24, 2.45) is 0 Å². The molecule has 0 radical (unpaired) electrons. The van der Waals surface area contributed by atoms with Crippen LogP contribution in [-0.2, 0) is 14.3 Å². The average Bonchev–Trinajstić information content (AvgIpc) is 2.88. The molecule has 0 aromatic heterocycles. The van der Waals surface area contributed by atoms with Gasteiger partial charge in [-0.25, -0.2) is 0 Å². The van der Waals surface area contributed by atoms with Gasteiger partial charge in [-0.3, -0.25) is 10.2 Å². The summed E-state index contributed by atoms with van der Waals surface area (Å²) in [5.41, 5.74) is 14.6. The molecule has 0 spiro atoms. The maximum atomic E-state index is 12.7. The molecule has 37 heavy (non-hydrogen) atoms. The molecule has 10 heteroatoms. The second kappa shape index (κ2) is 13.1. The Morgan fingerprint density at radius 2 is 1.84 bits per heavy atom. The van der Waals surface area contributed by atoms with Gasteiger partial charge >= 0.3 is 0 Å². The summed E-state index contributed by atoms with van der Waals surface area (Å²) in [5.74, 6) is -0.955. The van der Waals surface area contributed by atoms with Gasteiger partial charge in [-0.15, -0.1) is 0 Å². The Bertz CT molecular complexity index is 1250. The third-order valence-electron chi connectivity index (χ3n) is 5.58. The molecule has 1 amide bonds. The average molecular weight is 506 g/mol. The topological polar surface area (TPSA) is 173 Å². The van der Waals surface area contributed by atoms with Crippen molar-refractivity contribution < 1.29 is 24.2 Å². The van der Waals surface area contributed by atoms with Crippen LogP contribution >= 0.6 is 0 Å². The molecule has 0 aliphatic rings. The molecule has 8 N–H and O–H groups in total. The molecule has 194 valence electrons. The number of anilines is 3. The lowest BCUT2D eigenvalue weighted by atomic mass is 9.99. The Morgan fingerprint density at radius 1 is 1.08 bits per heavy atom. The number of nitrogens with two attached hydrogens (primary N) is 2. The van der Waals surface area contributed by atoms with Crippen molar-refractivity contribution >= 4 is 35.2 Å². The minimum Gasteiger partial charge on any atom is -0.492 e. The van der Waals surface area contributed by atoms with E-state index in [0.717, 1.165) is 0 Å². The first-order valence-corrected chi connectivity index (χ1v) is 11.6. The molecular weight excluding hydrogens is 474 g/mol. The van der Waals surface area contributed by atoms with Crippen LogP contribution < -0.4 is 26.8 Å². The van der Waals surface area contributed by atoms with Crippen LogP contribution in [0.15, 0.2) is 66.7 Å². The Kier molecular flexibility index (Phi) is 9.59. The van der Waals surface area contributed by atoms with Crippen molar-refractivity contribution in [3.8, 4) is 5.75 Å². The van der Waals surface area contributed by atoms with Crippen LogP contribution in [0, 0.1) is 5.41 Å². The second-order valence-corrected chi connectivity index (χ2v) is 8.25. The highest BCUT2D eigenvalue weighted by Gasteiger charge is 2.20. The van der Waals surface area contributed by atoms with Crippen molar-refractivity contribution in [3.05, 3.63) is 83.4 Å². The predicted molar refractivity (Wildman–Crippen MR) is 143 cm³/mol. The van der Waals surface area contributed by atoms with Crippen molar-refractivity contribution in [2.75, 3.05) is 43.6 Å². The number of rotatable bonds is 12. The molecular formula is C27H31N5O5. The summed E-state index contributed by atoms with van der Waals surface area (Å²) in [4.78, 5) is 24.3. The lowest BCUT2D eigenvalue weighted by Gasteiger charge is -2.16. The fourth-order valence-corrected chi connectivity index (χ4v) is 3.63. The van der Waals surface area contributed by atoms with E-state index >= 15 is 0 Å². The van der Waals surface area contributed by atoms with Gasteiger partial charge in [-0.2, -0.15) is 0 Å². The zero-order chi connectivity index (χ0) is 26.8. The summed E-state index contributed by atoms with van der Waals surface area (Å²) in [6.45, 7) is 1.05. The lowest BCUT2D eigenvalue weighted by molar-refractivity contribution is -0.122. The number of benzene rings is 3. The van der Waals surface area contributed by atoms with E-state index in [9.17, 15) is 14.7 Å². The van der Waals surface area contributed by atoms with E-state index < -0.39 is 17.9 Å². The Balaban J connectivity index is 1.48. The summed E-state index contributed by atoms with van der Waals surface area (Å²) in [6, 6.07) is 18.4. The molecule has 0 bridgehead atoms. The highest BCUT2D eigenvalue weighted by Crippen LogP contribution is 2.22. The van der Waals surface area contributed by atoms with Crippen LogP contribution in [0.2, 0.25) is 0 Å². The van der Waals surface area contributed by atoms with E-state index in [-0.39, 0.29) is 12.4 Å². The third-order valence-corrected chi connectivity index (χ3v) is 5.58. The molecule has 3 aromatic carbocycles. The standard InChI is InChI=1S/C27H31N5O5/c1-36-26(30)22-9-8-21(14-24(22)29)37-11-10-31-15-25(34)18-5-3-7-20(13-18)32-27(35)23(16-33)17-4-2-6-19(28)12-17/h2-9,12-14,16,23,25,30-31,34H,10-11,15,28-29H2,1H3,(H,32,35)/t23?,25-/m0/s1. The third kappa shape index (κ3) is 7.53. The van der Waals surface area contributed by atoms with Gasteiger partial charge in [0.25, 0.3) is 0 Å². The Hall–Kier alpha value is -4.41. The van der Waals surface area contributed by atoms with Gasteiger partial charge in [0.15, 0.2) is 0 Å². The minimum absolute atomic E-state index is 0.0201. The van der Waals surface area contributed by atoms with E-state index in [4.69, 9.17) is 26.4 Å². The Labute approximate surface area is 215 Å². The number of methoxy groups -OCH3 is 1. The largest absolute Gasteiger partial charge is 0.492 e. The van der Waals surface area contributed by atoms with Gasteiger partial charge in [0, 0.05) is 36.2 Å². The zero-order valence-electron chi connectivity index (χ0n) is 20.4. The molecule has 1 unspecified atom stereocenters. The van der Waals surface area contributed by atoms with Gasteiger partial charge in [-0.05, 0) is 47.5 Å². The smallest absolute Gasteiger partial charge is 0.239 e. The van der Waals surface area contributed by atoms with E-state index in [1.54, 1.807) is 66.7 Å². The van der Waals surface area contributed by atoms with Crippen LogP contribution in [0.5, 0.6) is 5.75 Å². The van der Waals surface area contributed by atoms with Gasteiger partial charge in [-0.1, -0.05) is 24.3 Å². The Morgan fingerprint density at radius 3 is 2.54 bits per heavy atom. The van der Waals surface area contributed by atoms with Crippen molar-refractivity contribution in [2.45, 2.75) is 12.0 Å². The maximum Gasteiger partial charge on any atom is 0.239 e. The van der Waals surface area contributed by atoms with E-state index in [1.165, 1.54) is 7.11 Å². The molecule has 3 aromatic rings. The fourth-order valence-electron chi connectivity index (χ4n) is 3.63. The summed E-state index contributed by atoms with van der Waals surface area (Å²) in [7, 11) is 1.41. The quantitative estimate of drug-likeness (QED) is 0.0544. The highest BCUT2D eigenvalue weighted by atomic mass is 16.5. The second-order valence-electron chi connectivity index (χ2n) is 8.25. The normalized spacial score (nSPS) is 12.3. The fraction of sp³-hybridized carbons (Fsp3) is 0.222. The summed E-state index contributed by atoms with van der Waals surface area (Å²) in [5, 5.41) is 24.1. The highest BCUT2D eigenvalue weighted by molar-refractivity contribution is 6.05. The van der Waals surface area contributed by atoms with Gasteiger partial charge in [0.2, 0.25) is 11.8 Å². The summed E-state index contributed by atoms with van der Waals surface area (Å²) in [6.07, 6.45) is -0.259. The maximum absolute atomic E-state index is 12.7. The molecule has 0 aliphatic heterocycles. The number of amides is 1. The number of carbonyl (C=O) groups excluding carboxylic acids is 2. The van der Waals surface area contributed by atoms with E-state index in [1.807, 2.05) is 0 Å². The molecule has 3 rings (SSSR count). The van der Waals surface area contributed by atoms with Gasteiger partial charge in [0.05, 0.1) is 18.8 Å². The van der Waals surface area contributed by atoms with Gasteiger partial charge < -0.3 is 41.5 Å². The van der Waals surface area contributed by atoms with Crippen LogP contribution in [0.3, 0.4) is 0 Å². The number of aldehydes is 1. The molecule has 0 fully saturated rings. The zero-order valence-corrected chi connectivity index (χ0v) is 20.4. The first kappa shape index (κ1) is 27.2. The first-order valence-electron chi connectivity index (χ1n) is 11.6. The SMILES string of the molecule is COC(=N)c1ccc(OCCNC[C@H](O)c2cccc(NC(=O)C(C=O)c3cccc(N)c3)c2)cc1N. The lowest BCUT2D eigenvalue weighted by Crippen LogP contribution is -2.26. The number of carbonyl (C=O) groups is 2. The molecule has 0 heterocycles. The van der Waals surface area contributed by atoms with E-state index in [0.29, 0.717) is 58.9 Å². The number of hydrogen-bond donors (Lipinski definition) is 6. The first-order chi connectivity index (χ1) is 17.8. The number of aliphatic hydroxyl groups excluding tert-OH is 1. The monoisotopic (exact) mass is 505 g/mol. The van der Waals surface area contributed by atoms with Crippen LogP contribution in [-0.4, -0.2) is 50.0 Å². The summed E-state index contributed by atoms with van der Waals surface area (Å²) >= 11 is 0. The van der Waals surface area contributed by atoms with Crippen LogP contribution in [0.25, 0.3) is 0 Å².